The van der Waals surface area contributed by atoms with E-state index in [1.54, 1.807) is 0 Å². The second kappa shape index (κ2) is 6.68. The Bertz CT molecular complexity index is 613. The van der Waals surface area contributed by atoms with E-state index in [-0.39, 0.29) is 5.92 Å². The van der Waals surface area contributed by atoms with Crippen molar-refractivity contribution in [3.63, 3.8) is 0 Å². The van der Waals surface area contributed by atoms with E-state index in [1.807, 2.05) is 24.1 Å². The first-order valence-corrected chi connectivity index (χ1v) is 9.76. The summed E-state index contributed by atoms with van der Waals surface area (Å²) in [5, 5.41) is 0.877. The number of carbonyl (C=O) groups excluding carboxylic acids is 1. The van der Waals surface area contributed by atoms with Crippen LogP contribution in [-0.2, 0) is 4.79 Å². The Morgan fingerprint density at radius 2 is 1.88 bits per heavy atom. The Kier molecular flexibility index (Phi) is 4.57. The number of nitrogens with zero attached hydrogens (tertiary/aromatic N) is 2. The highest BCUT2D eigenvalue weighted by Gasteiger charge is 2.51. The summed E-state index contributed by atoms with van der Waals surface area (Å²) in [6.45, 7) is 3.30. The number of amides is 1. The first kappa shape index (κ1) is 16.4. The van der Waals surface area contributed by atoms with Gasteiger partial charge in [0.05, 0.1) is 5.92 Å². The second-order valence-corrected chi connectivity index (χ2v) is 8.25. The van der Waals surface area contributed by atoms with Gasteiger partial charge in [-0.1, -0.05) is 36.2 Å². The maximum atomic E-state index is 12.7. The quantitative estimate of drug-likeness (QED) is 0.828. The Balaban J connectivity index is 1.40. The molecule has 1 aliphatic carbocycles. The van der Waals surface area contributed by atoms with Crippen molar-refractivity contribution in [1.29, 1.82) is 0 Å². The highest BCUT2D eigenvalue weighted by Crippen LogP contribution is 2.54. The Labute approximate surface area is 150 Å². The van der Waals surface area contributed by atoms with E-state index in [9.17, 15) is 4.79 Å². The molecule has 4 unspecified atom stereocenters. The third kappa shape index (κ3) is 3.09. The molecule has 1 amide bonds. The summed E-state index contributed by atoms with van der Waals surface area (Å²) in [6.07, 6.45) is 6.12. The molecular formula is C20H27ClN2O. The number of piperidine rings is 1. The van der Waals surface area contributed by atoms with E-state index in [2.05, 4.69) is 17.0 Å². The Morgan fingerprint density at radius 3 is 2.62 bits per heavy atom. The number of likely N-dealkylation sites (tertiary alicyclic amines) is 2. The lowest BCUT2D eigenvalue weighted by molar-refractivity contribution is -0.131. The van der Waals surface area contributed by atoms with Crippen LogP contribution in [0.2, 0.25) is 5.02 Å². The van der Waals surface area contributed by atoms with Gasteiger partial charge >= 0.3 is 0 Å². The third-order valence-electron chi connectivity index (χ3n) is 6.29. The van der Waals surface area contributed by atoms with Crippen LogP contribution in [0, 0.1) is 11.8 Å². The van der Waals surface area contributed by atoms with Crippen molar-refractivity contribution >= 4 is 17.5 Å². The van der Waals surface area contributed by atoms with Crippen molar-refractivity contribution in [2.75, 3.05) is 26.7 Å². The fourth-order valence-electron chi connectivity index (χ4n) is 4.84. The van der Waals surface area contributed by atoms with Crippen molar-refractivity contribution in [2.45, 2.75) is 44.1 Å². The number of hydrogen-bond donors (Lipinski definition) is 0. The molecule has 2 heterocycles. The highest BCUT2D eigenvalue weighted by atomic mass is 35.5. The Hall–Kier alpha value is -1.06. The molecule has 1 aromatic carbocycles. The summed E-state index contributed by atoms with van der Waals surface area (Å²) < 4.78 is 0. The lowest BCUT2D eigenvalue weighted by atomic mass is 9.98. The van der Waals surface area contributed by atoms with Gasteiger partial charge in [0.15, 0.2) is 0 Å². The van der Waals surface area contributed by atoms with Gasteiger partial charge in [0, 0.05) is 24.7 Å². The molecule has 2 saturated heterocycles. The van der Waals surface area contributed by atoms with Crippen molar-refractivity contribution in [1.82, 2.24) is 9.80 Å². The fraction of sp³-hybridized carbons (Fsp3) is 0.650. The van der Waals surface area contributed by atoms with Crippen LogP contribution in [0.25, 0.3) is 0 Å². The molecule has 3 fully saturated rings. The van der Waals surface area contributed by atoms with Gasteiger partial charge in [-0.15, -0.1) is 0 Å². The molecule has 4 rings (SSSR count). The summed E-state index contributed by atoms with van der Waals surface area (Å²) >= 11 is 6.37. The molecule has 1 aromatic rings. The SMILES string of the molecule is CN1C(=O)C(CN2CCCCC2)CC1C1CC1c1ccccc1Cl. The molecule has 2 aliphatic heterocycles. The summed E-state index contributed by atoms with van der Waals surface area (Å²) in [4.78, 5) is 17.2. The molecule has 130 valence electrons. The largest absolute Gasteiger partial charge is 0.342 e. The van der Waals surface area contributed by atoms with Crippen LogP contribution >= 0.6 is 11.6 Å². The summed E-state index contributed by atoms with van der Waals surface area (Å²) in [5.74, 6) is 1.68. The summed E-state index contributed by atoms with van der Waals surface area (Å²) in [5.41, 5.74) is 1.27. The minimum atomic E-state index is 0.200. The van der Waals surface area contributed by atoms with Gasteiger partial charge in [0.2, 0.25) is 5.91 Å². The smallest absolute Gasteiger partial charge is 0.227 e. The van der Waals surface area contributed by atoms with Crippen molar-refractivity contribution < 1.29 is 4.79 Å². The molecule has 0 spiro atoms. The van der Waals surface area contributed by atoms with Crippen LogP contribution in [0.4, 0.5) is 0 Å². The average molecular weight is 347 g/mol. The predicted molar refractivity (Wildman–Crippen MR) is 97.3 cm³/mol. The molecule has 0 aromatic heterocycles. The first-order chi connectivity index (χ1) is 11.6. The standard InChI is InChI=1S/C20H27ClN2O/c1-22-19(17-12-16(17)15-7-3-4-8-18(15)21)11-14(20(22)24)13-23-9-5-2-6-10-23/h3-4,7-8,14,16-17,19H,2,5-6,9-13H2,1H3. The molecule has 4 heteroatoms. The number of hydrogen-bond acceptors (Lipinski definition) is 2. The normalized spacial score (nSPS) is 33.9. The van der Waals surface area contributed by atoms with Gasteiger partial charge in [0.25, 0.3) is 0 Å². The van der Waals surface area contributed by atoms with Crippen molar-refractivity contribution in [2.24, 2.45) is 11.8 Å². The molecule has 1 saturated carbocycles. The number of rotatable bonds is 4. The molecule has 0 radical (unpaired) electrons. The minimum absolute atomic E-state index is 0.200. The monoisotopic (exact) mass is 346 g/mol. The van der Waals surface area contributed by atoms with Crippen molar-refractivity contribution in [3.8, 4) is 0 Å². The van der Waals surface area contributed by atoms with Gasteiger partial charge in [-0.2, -0.15) is 0 Å². The zero-order valence-corrected chi connectivity index (χ0v) is 15.2. The fourth-order valence-corrected chi connectivity index (χ4v) is 5.12. The van der Waals surface area contributed by atoms with E-state index < -0.39 is 0 Å². The summed E-state index contributed by atoms with van der Waals surface area (Å²) in [7, 11) is 2.01. The molecule has 3 aliphatic rings. The zero-order valence-electron chi connectivity index (χ0n) is 14.5. The molecule has 0 N–H and O–H groups in total. The third-order valence-corrected chi connectivity index (χ3v) is 6.63. The van der Waals surface area contributed by atoms with Crippen LogP contribution < -0.4 is 0 Å². The van der Waals surface area contributed by atoms with Gasteiger partial charge in [0.1, 0.15) is 0 Å². The Morgan fingerprint density at radius 1 is 1.12 bits per heavy atom. The van der Waals surface area contributed by atoms with Gasteiger partial charge in [-0.25, -0.2) is 0 Å². The summed E-state index contributed by atoms with van der Waals surface area (Å²) in [6, 6.07) is 8.58. The lowest BCUT2D eigenvalue weighted by Crippen LogP contribution is -2.37. The van der Waals surface area contributed by atoms with Gasteiger partial charge < -0.3 is 9.80 Å². The van der Waals surface area contributed by atoms with Crippen LogP contribution in [0.1, 0.15) is 43.6 Å². The molecule has 0 bridgehead atoms. The highest BCUT2D eigenvalue weighted by molar-refractivity contribution is 6.31. The van der Waals surface area contributed by atoms with Crippen LogP contribution in [0.3, 0.4) is 0 Å². The second-order valence-electron chi connectivity index (χ2n) is 7.84. The van der Waals surface area contributed by atoms with E-state index in [4.69, 9.17) is 11.6 Å². The zero-order chi connectivity index (χ0) is 16.7. The van der Waals surface area contributed by atoms with Gasteiger partial charge in [-0.05, 0) is 62.2 Å². The first-order valence-electron chi connectivity index (χ1n) is 9.38. The lowest BCUT2D eigenvalue weighted by Gasteiger charge is -2.28. The van der Waals surface area contributed by atoms with E-state index in [0.29, 0.717) is 23.8 Å². The average Bonchev–Trinajstić information content (AvgIpc) is 3.33. The van der Waals surface area contributed by atoms with Crippen LogP contribution in [-0.4, -0.2) is 48.4 Å². The number of benzene rings is 1. The number of halogens is 1. The number of carbonyl (C=O) groups is 1. The molecule has 3 nitrogen and oxygen atoms in total. The van der Waals surface area contributed by atoms with E-state index >= 15 is 0 Å². The van der Waals surface area contributed by atoms with Crippen molar-refractivity contribution in [3.05, 3.63) is 34.9 Å². The van der Waals surface area contributed by atoms with E-state index in [1.165, 1.54) is 44.3 Å². The van der Waals surface area contributed by atoms with Crippen LogP contribution in [0.5, 0.6) is 0 Å². The maximum Gasteiger partial charge on any atom is 0.227 e. The molecule has 4 atom stereocenters. The minimum Gasteiger partial charge on any atom is -0.342 e. The topological polar surface area (TPSA) is 23.6 Å². The van der Waals surface area contributed by atoms with Gasteiger partial charge in [-0.3, -0.25) is 4.79 Å². The van der Waals surface area contributed by atoms with Crippen LogP contribution in [0.15, 0.2) is 24.3 Å². The molecule has 24 heavy (non-hydrogen) atoms. The maximum absolute atomic E-state index is 12.7. The molecular weight excluding hydrogens is 320 g/mol. The van der Waals surface area contributed by atoms with E-state index in [0.717, 1.165) is 18.0 Å². The predicted octanol–water partition coefficient (Wildman–Crippen LogP) is 3.78.